The minimum absolute atomic E-state index is 0.0340. The Bertz CT molecular complexity index is 130. The number of likely N-dealkylation sites (N-methyl/N-ethyl adjacent to an activating group) is 1. The summed E-state index contributed by atoms with van der Waals surface area (Å²) in [5.74, 6) is -0.215. The maximum atomic E-state index is 10.8. The quantitative estimate of drug-likeness (QED) is 0.452. The van der Waals surface area contributed by atoms with E-state index >= 15 is 0 Å². The molecule has 0 spiro atoms. The first-order chi connectivity index (χ1) is 5.70. The highest BCUT2D eigenvalue weighted by molar-refractivity contribution is 5.77. The number of methoxy groups -OCH3 is 1. The summed E-state index contributed by atoms with van der Waals surface area (Å²) < 4.78 is 4.59. The number of hydrogen-bond donors (Lipinski definition) is 3. The molecule has 0 aliphatic rings. The SMILES string of the molecule is CNCC(O)CNC(=O)COC. The van der Waals surface area contributed by atoms with Crippen LogP contribution in [-0.4, -0.2) is 51.0 Å². The number of aliphatic hydroxyl groups is 1. The number of aliphatic hydroxyl groups excluding tert-OH is 1. The van der Waals surface area contributed by atoms with Crippen LogP contribution in [0.4, 0.5) is 0 Å². The van der Waals surface area contributed by atoms with Crippen LogP contribution in [0.25, 0.3) is 0 Å². The van der Waals surface area contributed by atoms with Crippen LogP contribution in [0.5, 0.6) is 0 Å². The normalized spacial score (nSPS) is 12.6. The summed E-state index contributed by atoms with van der Waals surface area (Å²) in [7, 11) is 3.18. The van der Waals surface area contributed by atoms with Gasteiger partial charge in [-0.1, -0.05) is 0 Å². The van der Waals surface area contributed by atoms with Gasteiger partial charge in [0.15, 0.2) is 0 Å². The van der Waals surface area contributed by atoms with E-state index in [4.69, 9.17) is 5.11 Å². The molecule has 0 rings (SSSR count). The van der Waals surface area contributed by atoms with Crippen LogP contribution >= 0.6 is 0 Å². The fraction of sp³-hybridized carbons (Fsp3) is 0.857. The summed E-state index contributed by atoms with van der Waals surface area (Å²) >= 11 is 0. The Hall–Kier alpha value is -0.650. The van der Waals surface area contributed by atoms with E-state index in [0.717, 1.165) is 0 Å². The summed E-state index contributed by atoms with van der Waals surface area (Å²) in [6, 6.07) is 0. The number of carbonyl (C=O) groups is 1. The number of ether oxygens (including phenoxy) is 1. The highest BCUT2D eigenvalue weighted by atomic mass is 16.5. The van der Waals surface area contributed by atoms with E-state index in [1.807, 2.05) is 0 Å². The molecule has 0 fully saturated rings. The third-order valence-corrected chi connectivity index (χ3v) is 1.25. The second-order valence-corrected chi connectivity index (χ2v) is 2.45. The molecule has 0 heterocycles. The first-order valence-corrected chi connectivity index (χ1v) is 3.79. The van der Waals surface area contributed by atoms with E-state index < -0.39 is 6.10 Å². The van der Waals surface area contributed by atoms with Gasteiger partial charge in [0, 0.05) is 20.2 Å². The van der Waals surface area contributed by atoms with Crippen LogP contribution in [0.15, 0.2) is 0 Å². The van der Waals surface area contributed by atoms with Gasteiger partial charge in [-0.3, -0.25) is 4.79 Å². The van der Waals surface area contributed by atoms with Gasteiger partial charge in [0.2, 0.25) is 5.91 Å². The zero-order valence-electron chi connectivity index (χ0n) is 7.46. The minimum atomic E-state index is -0.546. The molecular weight excluding hydrogens is 160 g/mol. The molecule has 0 aliphatic carbocycles. The predicted octanol–water partition coefficient (Wildman–Crippen LogP) is -1.67. The van der Waals surface area contributed by atoms with Gasteiger partial charge in [0.25, 0.3) is 0 Å². The van der Waals surface area contributed by atoms with E-state index in [-0.39, 0.29) is 19.1 Å². The van der Waals surface area contributed by atoms with E-state index in [1.165, 1.54) is 7.11 Å². The molecular formula is C7H16N2O3. The van der Waals surface area contributed by atoms with Crippen molar-refractivity contribution in [2.24, 2.45) is 0 Å². The van der Waals surface area contributed by atoms with Gasteiger partial charge in [-0.2, -0.15) is 0 Å². The lowest BCUT2D eigenvalue weighted by Crippen LogP contribution is -2.38. The highest BCUT2D eigenvalue weighted by Crippen LogP contribution is 1.77. The molecule has 1 atom stereocenters. The van der Waals surface area contributed by atoms with Gasteiger partial charge in [-0.05, 0) is 7.05 Å². The van der Waals surface area contributed by atoms with Crippen molar-refractivity contribution in [3.05, 3.63) is 0 Å². The highest BCUT2D eigenvalue weighted by Gasteiger charge is 2.04. The van der Waals surface area contributed by atoms with Gasteiger partial charge in [0.05, 0.1) is 6.10 Å². The van der Waals surface area contributed by atoms with Crippen molar-refractivity contribution in [2.45, 2.75) is 6.10 Å². The maximum absolute atomic E-state index is 10.8. The lowest BCUT2D eigenvalue weighted by molar-refractivity contribution is -0.125. The Morgan fingerprint density at radius 2 is 2.25 bits per heavy atom. The number of hydrogen-bond acceptors (Lipinski definition) is 4. The molecule has 0 saturated carbocycles. The van der Waals surface area contributed by atoms with Crippen molar-refractivity contribution >= 4 is 5.91 Å². The second-order valence-electron chi connectivity index (χ2n) is 2.45. The summed E-state index contributed by atoms with van der Waals surface area (Å²) in [4.78, 5) is 10.8. The van der Waals surface area contributed by atoms with E-state index in [2.05, 4.69) is 15.4 Å². The van der Waals surface area contributed by atoms with Crippen LogP contribution < -0.4 is 10.6 Å². The molecule has 0 aromatic carbocycles. The van der Waals surface area contributed by atoms with E-state index in [9.17, 15) is 4.79 Å². The third-order valence-electron chi connectivity index (χ3n) is 1.25. The number of nitrogens with one attached hydrogen (secondary N) is 2. The van der Waals surface area contributed by atoms with E-state index in [1.54, 1.807) is 7.05 Å². The fourth-order valence-corrected chi connectivity index (χ4v) is 0.722. The number of rotatable bonds is 6. The molecule has 72 valence electrons. The van der Waals surface area contributed by atoms with Crippen LogP contribution in [0.2, 0.25) is 0 Å². The molecule has 1 unspecified atom stereocenters. The molecule has 0 aromatic heterocycles. The summed E-state index contributed by atoms with van der Waals surface area (Å²) in [6.07, 6.45) is -0.546. The van der Waals surface area contributed by atoms with E-state index in [0.29, 0.717) is 6.54 Å². The number of carbonyl (C=O) groups excluding carboxylic acids is 1. The van der Waals surface area contributed by atoms with Crippen molar-refractivity contribution in [3.63, 3.8) is 0 Å². The van der Waals surface area contributed by atoms with Gasteiger partial charge in [-0.15, -0.1) is 0 Å². The topological polar surface area (TPSA) is 70.6 Å². The minimum Gasteiger partial charge on any atom is -0.390 e. The zero-order valence-corrected chi connectivity index (χ0v) is 7.46. The monoisotopic (exact) mass is 176 g/mol. The molecule has 0 radical (unpaired) electrons. The van der Waals surface area contributed by atoms with Crippen LogP contribution in [0, 0.1) is 0 Å². The van der Waals surface area contributed by atoms with Crippen molar-refractivity contribution in [2.75, 3.05) is 33.9 Å². The first-order valence-electron chi connectivity index (χ1n) is 3.79. The molecule has 0 saturated heterocycles. The molecule has 12 heavy (non-hydrogen) atoms. The molecule has 0 aliphatic heterocycles. The Balaban J connectivity index is 3.33. The lowest BCUT2D eigenvalue weighted by Gasteiger charge is -2.10. The Labute approximate surface area is 72.1 Å². The smallest absolute Gasteiger partial charge is 0.246 e. The summed E-state index contributed by atoms with van der Waals surface area (Å²) in [5, 5.41) is 14.5. The van der Waals surface area contributed by atoms with Gasteiger partial charge in [-0.25, -0.2) is 0 Å². The molecule has 0 bridgehead atoms. The number of amides is 1. The lowest BCUT2D eigenvalue weighted by atomic mass is 10.3. The van der Waals surface area contributed by atoms with Gasteiger partial charge < -0.3 is 20.5 Å². The van der Waals surface area contributed by atoms with Crippen LogP contribution in [-0.2, 0) is 9.53 Å². The van der Waals surface area contributed by atoms with Crippen molar-refractivity contribution < 1.29 is 14.6 Å². The Morgan fingerprint density at radius 1 is 1.58 bits per heavy atom. The first kappa shape index (κ1) is 11.4. The van der Waals surface area contributed by atoms with Crippen LogP contribution in [0.1, 0.15) is 0 Å². The van der Waals surface area contributed by atoms with Gasteiger partial charge >= 0.3 is 0 Å². The molecule has 5 nitrogen and oxygen atoms in total. The van der Waals surface area contributed by atoms with Crippen molar-refractivity contribution in [3.8, 4) is 0 Å². The fourth-order valence-electron chi connectivity index (χ4n) is 0.722. The van der Waals surface area contributed by atoms with Crippen molar-refractivity contribution in [1.29, 1.82) is 0 Å². The molecule has 1 amide bonds. The summed E-state index contributed by atoms with van der Waals surface area (Å²) in [6.45, 7) is 0.753. The second kappa shape index (κ2) is 7.02. The van der Waals surface area contributed by atoms with Crippen molar-refractivity contribution in [1.82, 2.24) is 10.6 Å². The average molecular weight is 176 g/mol. The maximum Gasteiger partial charge on any atom is 0.246 e. The Morgan fingerprint density at radius 3 is 2.75 bits per heavy atom. The Kier molecular flexibility index (Phi) is 6.64. The predicted molar refractivity (Wildman–Crippen MR) is 44.8 cm³/mol. The van der Waals surface area contributed by atoms with Gasteiger partial charge in [0.1, 0.15) is 6.61 Å². The standard InChI is InChI=1S/C7H16N2O3/c1-8-3-6(10)4-9-7(11)5-12-2/h6,8,10H,3-5H2,1-2H3,(H,9,11). The average Bonchev–Trinajstić information content (AvgIpc) is 2.02. The zero-order chi connectivity index (χ0) is 9.40. The molecule has 0 aromatic rings. The largest absolute Gasteiger partial charge is 0.390 e. The molecule has 5 heteroatoms. The third kappa shape index (κ3) is 6.09. The molecule has 3 N–H and O–H groups in total. The summed E-state index contributed by atoms with van der Waals surface area (Å²) in [5.41, 5.74) is 0. The van der Waals surface area contributed by atoms with Crippen LogP contribution in [0.3, 0.4) is 0 Å².